The highest BCUT2D eigenvalue weighted by molar-refractivity contribution is 6.79. The van der Waals surface area contributed by atoms with Gasteiger partial charge in [0.1, 0.15) is 32.9 Å². The number of aliphatic hydroxyl groups is 3. The highest BCUT2D eigenvalue weighted by atomic mass is 35.5. The molecule has 2 aromatic rings. The van der Waals surface area contributed by atoms with Crippen molar-refractivity contribution in [2.75, 3.05) is 18.2 Å². The molecule has 9 nitrogen and oxygen atoms in total. The maximum atomic E-state index is 10.3. The topological polar surface area (TPSA) is 117 Å². The zero-order chi connectivity index (χ0) is 18.5. The molecular formula is C14H22ClN5O4Si. The molecule has 138 valence electrons. The number of aromatic nitrogens is 4. The molecule has 1 saturated heterocycles. The number of aliphatic hydroxyl groups excluding tert-OH is 3. The van der Waals surface area contributed by atoms with Crippen LogP contribution in [0.15, 0.2) is 6.33 Å². The van der Waals surface area contributed by atoms with Crippen LogP contribution in [0.25, 0.3) is 11.2 Å². The van der Waals surface area contributed by atoms with Gasteiger partial charge in [-0.1, -0.05) is 19.6 Å². The third-order valence-electron chi connectivity index (χ3n) is 4.51. The van der Waals surface area contributed by atoms with Crippen LogP contribution < -0.4 is 4.57 Å². The van der Waals surface area contributed by atoms with Gasteiger partial charge >= 0.3 is 0 Å². The van der Waals surface area contributed by atoms with Crippen molar-refractivity contribution >= 4 is 36.8 Å². The van der Waals surface area contributed by atoms with E-state index in [-0.39, 0.29) is 5.28 Å². The fourth-order valence-corrected chi connectivity index (χ4v) is 3.81. The zero-order valence-corrected chi connectivity index (χ0v) is 16.2. The van der Waals surface area contributed by atoms with Crippen LogP contribution in [0.5, 0.6) is 0 Å². The quantitative estimate of drug-likeness (QED) is 0.508. The first-order valence-corrected chi connectivity index (χ1v) is 11.7. The Labute approximate surface area is 150 Å². The lowest BCUT2D eigenvalue weighted by Crippen LogP contribution is -2.43. The minimum absolute atomic E-state index is 0.0653. The molecule has 0 aliphatic carbocycles. The number of hydrogen-bond acceptors (Lipinski definition) is 8. The van der Waals surface area contributed by atoms with Crippen molar-refractivity contribution in [3.05, 3.63) is 11.6 Å². The molecule has 4 atom stereocenters. The first kappa shape index (κ1) is 18.5. The molecule has 0 aromatic carbocycles. The standard InChI is InChI=1S/C14H22ClN5O4Si/c1-19(25(2,3)4)11-8-12(17-6-16-11)20(14(15)18-8)13-10(23)9(22)7(5-21)24-13/h6-7,9-10,13,21-23H,5H2,1-4H3. The van der Waals surface area contributed by atoms with Crippen molar-refractivity contribution in [3.8, 4) is 0 Å². The van der Waals surface area contributed by atoms with E-state index in [1.54, 1.807) is 0 Å². The number of fused-ring (bicyclic) bond motifs is 1. The summed E-state index contributed by atoms with van der Waals surface area (Å²) in [6.45, 7) is 6.10. The van der Waals surface area contributed by atoms with E-state index in [4.69, 9.17) is 16.3 Å². The average molecular weight is 388 g/mol. The van der Waals surface area contributed by atoms with E-state index >= 15 is 0 Å². The zero-order valence-electron chi connectivity index (χ0n) is 14.5. The monoisotopic (exact) mass is 387 g/mol. The molecular weight excluding hydrogens is 366 g/mol. The molecule has 0 amide bonds. The predicted molar refractivity (Wildman–Crippen MR) is 95.1 cm³/mol. The molecule has 0 spiro atoms. The van der Waals surface area contributed by atoms with Gasteiger partial charge in [-0.25, -0.2) is 15.0 Å². The summed E-state index contributed by atoms with van der Waals surface area (Å²) < 4.78 is 9.06. The third-order valence-corrected chi connectivity index (χ3v) is 7.00. The number of hydrogen-bond donors (Lipinski definition) is 3. The van der Waals surface area contributed by atoms with Crippen molar-refractivity contribution in [3.63, 3.8) is 0 Å². The van der Waals surface area contributed by atoms with Crippen LogP contribution in [-0.4, -0.2) is 75.0 Å². The van der Waals surface area contributed by atoms with Crippen LogP contribution in [-0.2, 0) is 4.74 Å². The molecule has 25 heavy (non-hydrogen) atoms. The molecule has 0 bridgehead atoms. The van der Waals surface area contributed by atoms with Crippen molar-refractivity contribution in [2.24, 2.45) is 0 Å². The average Bonchev–Trinajstić information content (AvgIpc) is 3.02. The van der Waals surface area contributed by atoms with Gasteiger partial charge in [-0.15, -0.1) is 0 Å². The Morgan fingerprint density at radius 3 is 2.52 bits per heavy atom. The lowest BCUT2D eigenvalue weighted by atomic mass is 10.1. The Bertz CT molecular complexity index is 782. The van der Waals surface area contributed by atoms with E-state index in [0.29, 0.717) is 17.0 Å². The molecule has 0 radical (unpaired) electrons. The Hall–Kier alpha value is -1.30. The largest absolute Gasteiger partial charge is 0.394 e. The van der Waals surface area contributed by atoms with Crippen molar-refractivity contribution < 1.29 is 20.1 Å². The minimum atomic E-state index is -1.70. The summed E-state index contributed by atoms with van der Waals surface area (Å²) in [5.74, 6) is 0.650. The second kappa shape index (κ2) is 6.45. The number of imidazole rings is 1. The van der Waals surface area contributed by atoms with Gasteiger partial charge in [-0.05, 0) is 18.6 Å². The fraction of sp³-hybridized carbons (Fsp3) is 0.643. The van der Waals surface area contributed by atoms with Crippen LogP contribution >= 0.6 is 11.6 Å². The van der Waals surface area contributed by atoms with E-state index in [9.17, 15) is 15.3 Å². The molecule has 3 N–H and O–H groups in total. The van der Waals surface area contributed by atoms with Crippen LogP contribution in [0.1, 0.15) is 6.23 Å². The molecule has 0 saturated carbocycles. The number of halogens is 1. The van der Waals surface area contributed by atoms with E-state index in [0.717, 1.165) is 0 Å². The van der Waals surface area contributed by atoms with Crippen molar-refractivity contribution in [2.45, 2.75) is 44.2 Å². The lowest BCUT2D eigenvalue weighted by molar-refractivity contribution is -0.0509. The lowest BCUT2D eigenvalue weighted by Gasteiger charge is -2.31. The van der Waals surface area contributed by atoms with E-state index < -0.39 is 39.4 Å². The van der Waals surface area contributed by atoms with Gasteiger partial charge in [-0.3, -0.25) is 4.57 Å². The van der Waals surface area contributed by atoms with E-state index in [2.05, 4.69) is 39.2 Å². The SMILES string of the molecule is CN(c1ncnc2c1nc(Cl)n2C1OC(CO)C(O)C1O)[Si](C)(C)C. The summed E-state index contributed by atoms with van der Waals surface area (Å²) in [5.41, 5.74) is 0.894. The third kappa shape index (κ3) is 3.02. The predicted octanol–water partition coefficient (Wildman–Crippen LogP) is 0.362. The van der Waals surface area contributed by atoms with Crippen molar-refractivity contribution in [1.82, 2.24) is 19.5 Å². The summed E-state index contributed by atoms with van der Waals surface area (Å²) in [7, 11) is 0.249. The van der Waals surface area contributed by atoms with E-state index in [1.807, 2.05) is 7.05 Å². The number of nitrogens with zero attached hydrogens (tertiary/aromatic N) is 5. The van der Waals surface area contributed by atoms with Gasteiger partial charge in [0.05, 0.1) is 6.61 Å². The summed E-state index contributed by atoms with van der Waals surface area (Å²) >= 11 is 6.28. The highest BCUT2D eigenvalue weighted by Crippen LogP contribution is 2.36. The normalized spacial score (nSPS) is 27.2. The smallest absolute Gasteiger partial charge is 0.207 e. The van der Waals surface area contributed by atoms with Crippen LogP contribution in [0.4, 0.5) is 5.82 Å². The molecule has 1 fully saturated rings. The summed E-state index contributed by atoms with van der Waals surface area (Å²) in [4.78, 5) is 12.9. The van der Waals surface area contributed by atoms with Gasteiger partial charge < -0.3 is 24.6 Å². The fourth-order valence-electron chi connectivity index (χ4n) is 2.75. The van der Waals surface area contributed by atoms with Crippen LogP contribution in [0.3, 0.4) is 0 Å². The summed E-state index contributed by atoms with van der Waals surface area (Å²) in [5, 5.41) is 29.6. The van der Waals surface area contributed by atoms with Crippen LogP contribution in [0, 0.1) is 0 Å². The highest BCUT2D eigenvalue weighted by Gasteiger charge is 2.45. The number of rotatable bonds is 4. The Kier molecular flexibility index (Phi) is 4.77. The second-order valence-corrected chi connectivity index (χ2v) is 12.4. The van der Waals surface area contributed by atoms with Gasteiger partial charge in [0.25, 0.3) is 0 Å². The second-order valence-electron chi connectivity index (χ2n) is 7.08. The number of anilines is 1. The van der Waals surface area contributed by atoms with Gasteiger partial charge in [-0.2, -0.15) is 0 Å². The minimum Gasteiger partial charge on any atom is -0.394 e. The molecule has 4 unspecified atom stereocenters. The van der Waals surface area contributed by atoms with Gasteiger partial charge in [0.2, 0.25) is 5.28 Å². The maximum Gasteiger partial charge on any atom is 0.207 e. The maximum absolute atomic E-state index is 10.3. The van der Waals surface area contributed by atoms with Gasteiger partial charge in [0, 0.05) is 0 Å². The number of ether oxygens (including phenoxy) is 1. The Morgan fingerprint density at radius 1 is 1.28 bits per heavy atom. The Morgan fingerprint density at radius 2 is 1.96 bits per heavy atom. The summed E-state index contributed by atoms with van der Waals surface area (Å²) in [6.07, 6.45) is -2.98. The Balaban J connectivity index is 2.11. The molecule has 2 aromatic heterocycles. The molecule has 3 rings (SSSR count). The first-order valence-electron chi connectivity index (χ1n) is 7.91. The van der Waals surface area contributed by atoms with Crippen LogP contribution in [0.2, 0.25) is 24.9 Å². The first-order chi connectivity index (χ1) is 11.7. The van der Waals surface area contributed by atoms with E-state index in [1.165, 1.54) is 10.9 Å². The summed E-state index contributed by atoms with van der Waals surface area (Å²) in [6, 6.07) is 0. The molecule has 1 aliphatic heterocycles. The van der Waals surface area contributed by atoms with Gasteiger partial charge in [0.15, 0.2) is 23.2 Å². The molecule has 3 heterocycles. The molecule has 11 heteroatoms. The van der Waals surface area contributed by atoms with Crippen molar-refractivity contribution in [1.29, 1.82) is 0 Å². The molecule has 1 aliphatic rings.